The fraction of sp³-hybridized carbons (Fsp3) is 0.789. The monoisotopic (exact) mass is 1280 g/mol. The zero-order valence-electron chi connectivity index (χ0n) is 54.8. The molecule has 0 aromatic heterocycles. The van der Waals surface area contributed by atoms with E-state index in [0.717, 1.165) is 70.6 Å². The number of ether oxygens (including phenoxy) is 6. The number of carbonyl (C=O) groups excluding carboxylic acids is 1. The Morgan fingerprint density at radius 1 is 0.411 bits per heavy atom. The molecule has 17 atom stereocenters. The molecule has 90 heavy (non-hydrogen) atoms. The van der Waals surface area contributed by atoms with Crippen molar-refractivity contribution >= 4 is 5.91 Å². The van der Waals surface area contributed by atoms with Crippen LogP contribution in [0.25, 0.3) is 0 Å². The lowest BCUT2D eigenvalue weighted by Crippen LogP contribution is -2.66. The summed E-state index contributed by atoms with van der Waals surface area (Å²) in [7, 11) is 0. The molecule has 520 valence electrons. The lowest BCUT2D eigenvalue weighted by Gasteiger charge is -2.48. The summed E-state index contributed by atoms with van der Waals surface area (Å²) < 4.78 is 34.1. The molecule has 3 heterocycles. The number of hydrogen-bond acceptors (Lipinski definition) is 18. The van der Waals surface area contributed by atoms with Crippen LogP contribution in [0.15, 0.2) is 85.1 Å². The van der Waals surface area contributed by atoms with E-state index < -0.39 is 124 Å². The maximum atomic E-state index is 13.2. The lowest BCUT2D eigenvalue weighted by atomic mass is 9.96. The van der Waals surface area contributed by atoms with Crippen LogP contribution in [0.4, 0.5) is 0 Å². The summed E-state index contributed by atoms with van der Waals surface area (Å²) >= 11 is 0. The van der Waals surface area contributed by atoms with Gasteiger partial charge in [0, 0.05) is 6.42 Å². The molecule has 3 rings (SSSR count). The molecular formula is C71H123NO18. The second-order valence-corrected chi connectivity index (χ2v) is 24.6. The van der Waals surface area contributed by atoms with Crippen molar-refractivity contribution in [3.63, 3.8) is 0 Å². The summed E-state index contributed by atoms with van der Waals surface area (Å²) in [5, 5.41) is 119. The number of aliphatic hydroxyl groups excluding tert-OH is 11. The second kappa shape index (κ2) is 52.3. The number of allylic oxidation sites excluding steroid dienone is 13. The first-order chi connectivity index (χ1) is 43.8. The van der Waals surface area contributed by atoms with Crippen LogP contribution >= 0.6 is 0 Å². The Bertz CT molecular complexity index is 1960. The SMILES string of the molecule is CC/C=C\C/C=C\C/C=C\C/C=C\C/C=C\C/C=C\CCCCCCCCCCCCCCCCCCCCCCCCC(=O)NC(COC1OC(CO)C(OC2OC(CO)C(OC3OC(CO)C(O)C(O)C3O)C(O)C2O)C(O)C1O)C(O)/C=C/CCCC. The zero-order chi connectivity index (χ0) is 65.4. The van der Waals surface area contributed by atoms with Crippen molar-refractivity contribution in [2.75, 3.05) is 26.4 Å². The number of rotatable bonds is 52. The summed E-state index contributed by atoms with van der Waals surface area (Å²) in [4.78, 5) is 13.2. The minimum Gasteiger partial charge on any atom is -0.394 e. The van der Waals surface area contributed by atoms with E-state index in [0.29, 0.717) is 12.8 Å². The van der Waals surface area contributed by atoms with Gasteiger partial charge in [-0.1, -0.05) is 240 Å². The molecule has 3 aliphatic heterocycles. The lowest BCUT2D eigenvalue weighted by molar-refractivity contribution is -0.379. The van der Waals surface area contributed by atoms with Gasteiger partial charge in [-0.25, -0.2) is 0 Å². The molecule has 12 N–H and O–H groups in total. The van der Waals surface area contributed by atoms with Crippen LogP contribution in [0.1, 0.15) is 226 Å². The molecule has 19 nitrogen and oxygen atoms in total. The Balaban J connectivity index is 1.20. The highest BCUT2D eigenvalue weighted by Gasteiger charge is 2.53. The summed E-state index contributed by atoms with van der Waals surface area (Å²) in [6.45, 7) is 1.43. The Kier molecular flexibility index (Phi) is 47.2. The number of unbranched alkanes of at least 4 members (excludes halogenated alkanes) is 24. The highest BCUT2D eigenvalue weighted by atomic mass is 16.8. The van der Waals surface area contributed by atoms with E-state index in [-0.39, 0.29) is 18.9 Å². The average Bonchev–Trinajstić information content (AvgIpc) is 1.63. The first-order valence-electron chi connectivity index (χ1n) is 34.8. The van der Waals surface area contributed by atoms with E-state index in [4.69, 9.17) is 28.4 Å². The van der Waals surface area contributed by atoms with Crippen molar-refractivity contribution in [2.24, 2.45) is 0 Å². The van der Waals surface area contributed by atoms with Gasteiger partial charge in [0.25, 0.3) is 0 Å². The van der Waals surface area contributed by atoms with Crippen molar-refractivity contribution < 1.29 is 89.4 Å². The molecule has 17 unspecified atom stereocenters. The smallest absolute Gasteiger partial charge is 0.220 e. The quantitative estimate of drug-likeness (QED) is 0.0200. The topological polar surface area (TPSA) is 307 Å². The van der Waals surface area contributed by atoms with Crippen molar-refractivity contribution in [2.45, 2.75) is 330 Å². The van der Waals surface area contributed by atoms with Crippen LogP contribution in [0.5, 0.6) is 0 Å². The zero-order valence-corrected chi connectivity index (χ0v) is 54.8. The van der Waals surface area contributed by atoms with Crippen LogP contribution in [-0.2, 0) is 33.2 Å². The molecular weight excluding hydrogens is 1150 g/mol. The Labute approximate surface area is 540 Å². The van der Waals surface area contributed by atoms with Gasteiger partial charge in [-0.2, -0.15) is 0 Å². The number of aliphatic hydroxyl groups is 11. The van der Waals surface area contributed by atoms with E-state index in [9.17, 15) is 61.0 Å². The molecule has 0 bridgehead atoms. The largest absolute Gasteiger partial charge is 0.394 e. The fourth-order valence-corrected chi connectivity index (χ4v) is 11.3. The maximum absolute atomic E-state index is 13.2. The Morgan fingerprint density at radius 3 is 1.19 bits per heavy atom. The van der Waals surface area contributed by atoms with Crippen molar-refractivity contribution in [3.05, 3.63) is 85.1 Å². The molecule has 0 spiro atoms. The third-order valence-electron chi connectivity index (χ3n) is 16.9. The van der Waals surface area contributed by atoms with Gasteiger partial charge in [0.05, 0.1) is 38.6 Å². The predicted molar refractivity (Wildman–Crippen MR) is 351 cm³/mol. The van der Waals surface area contributed by atoms with Gasteiger partial charge in [-0.3, -0.25) is 4.79 Å². The summed E-state index contributed by atoms with van der Waals surface area (Å²) in [6, 6.07) is -0.970. The van der Waals surface area contributed by atoms with Gasteiger partial charge in [0.15, 0.2) is 18.9 Å². The maximum Gasteiger partial charge on any atom is 0.220 e. The minimum atomic E-state index is -1.98. The molecule has 0 radical (unpaired) electrons. The molecule has 0 aliphatic carbocycles. The predicted octanol–water partition coefficient (Wildman–Crippen LogP) is 9.10. The van der Waals surface area contributed by atoms with Gasteiger partial charge in [0.1, 0.15) is 73.2 Å². The van der Waals surface area contributed by atoms with Crippen molar-refractivity contribution in [1.29, 1.82) is 0 Å². The van der Waals surface area contributed by atoms with E-state index in [1.807, 2.05) is 13.0 Å². The third-order valence-corrected chi connectivity index (χ3v) is 16.9. The van der Waals surface area contributed by atoms with E-state index in [1.165, 1.54) is 122 Å². The Hall–Kier alpha value is -3.03. The molecule has 3 saturated heterocycles. The first kappa shape index (κ1) is 81.2. The fourth-order valence-electron chi connectivity index (χ4n) is 11.3. The van der Waals surface area contributed by atoms with Gasteiger partial charge in [-0.15, -0.1) is 0 Å². The molecule has 3 fully saturated rings. The highest BCUT2D eigenvalue weighted by molar-refractivity contribution is 5.76. The van der Waals surface area contributed by atoms with Crippen LogP contribution < -0.4 is 5.32 Å². The van der Waals surface area contributed by atoms with Gasteiger partial charge >= 0.3 is 0 Å². The summed E-state index contributed by atoms with van der Waals surface area (Å²) in [5.41, 5.74) is 0. The van der Waals surface area contributed by atoms with Crippen LogP contribution in [0.2, 0.25) is 0 Å². The number of hydrogen-bond donors (Lipinski definition) is 12. The molecule has 19 heteroatoms. The van der Waals surface area contributed by atoms with Crippen molar-refractivity contribution in [3.8, 4) is 0 Å². The number of amides is 1. The van der Waals surface area contributed by atoms with E-state index in [2.05, 4.69) is 85.2 Å². The van der Waals surface area contributed by atoms with Crippen LogP contribution in [0.3, 0.4) is 0 Å². The number of carbonyl (C=O) groups is 1. The average molecular weight is 1280 g/mol. The number of nitrogens with one attached hydrogen (secondary N) is 1. The molecule has 0 aromatic rings. The molecule has 0 aromatic carbocycles. The third kappa shape index (κ3) is 33.9. The standard InChI is InChI=1S/C71H123NO18/c1-3-5-7-9-10-11-12-13-14-15-16-17-18-19-20-21-22-23-24-25-26-27-28-29-30-31-32-33-34-35-36-37-38-39-40-41-42-43-44-45-47-49-59(77)72-54(55(76)48-46-8-6-4-2)53-85-69-65(83)62(80)67(57(51-74)87-69)90-71-66(84)63(81)68(58(52-75)88-71)89-70-64(82)61(79)60(78)56(50-73)86-70/h5,7,10-11,13-14,16-17,19-20,22-23,46,48,54-58,60-71,73-76,78-84H,3-4,6,8-9,12,15,18,21,24-45,47,49-53H2,1-2H3,(H,72,77)/b7-5-,11-10-,14-13-,17-16-,20-19-,23-22-,48-46+. The highest BCUT2D eigenvalue weighted by Crippen LogP contribution is 2.33. The van der Waals surface area contributed by atoms with Gasteiger partial charge < -0.3 is 89.9 Å². The molecule has 3 aliphatic rings. The van der Waals surface area contributed by atoms with Gasteiger partial charge in [-0.05, 0) is 64.2 Å². The molecule has 1 amide bonds. The van der Waals surface area contributed by atoms with Crippen LogP contribution in [0, 0.1) is 0 Å². The molecule has 0 saturated carbocycles. The normalized spacial score (nSPS) is 28.6. The minimum absolute atomic E-state index is 0.241. The van der Waals surface area contributed by atoms with Crippen LogP contribution in [-0.4, -0.2) is 193 Å². The summed E-state index contributed by atoms with van der Waals surface area (Å²) in [6.07, 6.45) is 41.4. The van der Waals surface area contributed by atoms with Crippen molar-refractivity contribution in [1.82, 2.24) is 5.32 Å². The van der Waals surface area contributed by atoms with E-state index in [1.54, 1.807) is 6.08 Å². The first-order valence-corrected chi connectivity index (χ1v) is 34.8. The van der Waals surface area contributed by atoms with Gasteiger partial charge in [0.2, 0.25) is 5.91 Å². The summed E-state index contributed by atoms with van der Waals surface area (Å²) in [5.74, 6) is -0.285. The second-order valence-electron chi connectivity index (χ2n) is 24.6. The Morgan fingerprint density at radius 2 is 0.767 bits per heavy atom. The van der Waals surface area contributed by atoms with E-state index >= 15 is 0 Å².